The maximum Gasteiger partial charge on any atom is 0.351 e. The molecule has 1 heterocycles. The molecule has 0 aromatic rings. The average Bonchev–Trinajstić information content (AvgIpc) is 3.09. The molecule has 1 saturated heterocycles. The molecule has 4 atom stereocenters. The molecule has 2 bridgehead atoms. The molecule has 2 aliphatic carbocycles. The van der Waals surface area contributed by atoms with Gasteiger partial charge in [-0.15, -0.1) is 0 Å². The fraction of sp³-hybridized carbons (Fsp3) is 0.769. The highest BCUT2D eigenvalue weighted by Crippen LogP contribution is 2.66. The maximum absolute atomic E-state index is 13.4. The van der Waals surface area contributed by atoms with Crippen molar-refractivity contribution in [3.05, 3.63) is 23.8 Å². The summed E-state index contributed by atoms with van der Waals surface area (Å²) in [7, 11) is 0. The highest BCUT2D eigenvalue weighted by atomic mass is 16.6. The lowest BCUT2D eigenvalue weighted by atomic mass is 9.66. The van der Waals surface area contributed by atoms with E-state index in [1.165, 1.54) is 5.57 Å². The number of hydrogen-bond acceptors (Lipinski definition) is 4. The van der Waals surface area contributed by atoms with Gasteiger partial charge in [0.25, 0.3) is 0 Å². The molecule has 0 aromatic carbocycles. The van der Waals surface area contributed by atoms with Crippen LogP contribution in [0.5, 0.6) is 0 Å². The van der Waals surface area contributed by atoms with Crippen LogP contribution in [0.4, 0.5) is 0 Å². The van der Waals surface area contributed by atoms with E-state index in [1.54, 1.807) is 0 Å². The molecule has 30 heavy (non-hydrogen) atoms. The van der Waals surface area contributed by atoms with Gasteiger partial charge in [-0.3, -0.25) is 4.79 Å². The Balaban J connectivity index is 1.77. The smallest absolute Gasteiger partial charge is 0.351 e. The third kappa shape index (κ3) is 3.00. The van der Waals surface area contributed by atoms with Gasteiger partial charge in [-0.05, 0) is 50.9 Å². The van der Waals surface area contributed by atoms with Crippen LogP contribution < -0.4 is 0 Å². The van der Waals surface area contributed by atoms with Crippen molar-refractivity contribution in [3.8, 4) is 0 Å². The van der Waals surface area contributed by atoms with Crippen LogP contribution in [-0.2, 0) is 19.1 Å². The first kappa shape index (κ1) is 23.1. The minimum atomic E-state index is -1.17. The van der Waals surface area contributed by atoms with E-state index in [1.807, 2.05) is 27.7 Å². The van der Waals surface area contributed by atoms with Gasteiger partial charge in [-0.1, -0.05) is 72.3 Å². The van der Waals surface area contributed by atoms with Crippen molar-refractivity contribution >= 4 is 11.9 Å². The SMILES string of the molecule is CC[C@@H](OC(=O)[C@@]12CC[C@@](C)(C(=O)O1)C2(C)C)C(C)(C)/C=C/[C@H]1CC=C(C)C1(C)C. The van der Waals surface area contributed by atoms with E-state index >= 15 is 0 Å². The Hall–Kier alpha value is -1.58. The minimum Gasteiger partial charge on any atom is -0.459 e. The van der Waals surface area contributed by atoms with Crippen LogP contribution in [0.3, 0.4) is 0 Å². The number of carbonyl (C=O) groups is 2. The molecule has 3 rings (SSSR count). The first-order valence-corrected chi connectivity index (χ1v) is 11.5. The van der Waals surface area contributed by atoms with Crippen LogP contribution in [0.2, 0.25) is 0 Å². The van der Waals surface area contributed by atoms with E-state index in [0.29, 0.717) is 25.2 Å². The number of ether oxygens (including phenoxy) is 2. The molecule has 1 aliphatic heterocycles. The summed E-state index contributed by atoms with van der Waals surface area (Å²) in [5.41, 5.74) is -1.10. The second-order valence-corrected chi connectivity index (χ2v) is 11.6. The summed E-state index contributed by atoms with van der Waals surface area (Å²) in [4.78, 5) is 25.9. The van der Waals surface area contributed by atoms with Crippen LogP contribution in [0.25, 0.3) is 0 Å². The zero-order valence-electron chi connectivity index (χ0n) is 20.3. The van der Waals surface area contributed by atoms with Crippen molar-refractivity contribution in [2.75, 3.05) is 0 Å². The van der Waals surface area contributed by atoms with E-state index < -0.39 is 16.4 Å². The Morgan fingerprint density at radius 3 is 2.33 bits per heavy atom. The third-order valence-electron chi connectivity index (χ3n) is 9.24. The van der Waals surface area contributed by atoms with Gasteiger partial charge in [0.05, 0.1) is 5.41 Å². The van der Waals surface area contributed by atoms with Crippen molar-refractivity contribution in [1.82, 2.24) is 0 Å². The fourth-order valence-electron chi connectivity index (χ4n) is 5.63. The van der Waals surface area contributed by atoms with Crippen LogP contribution in [-0.4, -0.2) is 23.6 Å². The standard InChI is InChI=1S/C26H40O4/c1-10-19(22(3,4)14-13-18-12-11-17(2)23(18,5)6)29-21(28)26-16-15-25(9,20(27)30-26)24(26,7)8/h11,13-14,18-19H,10,12,15-16H2,1-9H3/b14-13+/t18-,19-,25+,26-/m1/s1. The second kappa shape index (κ2) is 6.97. The van der Waals surface area contributed by atoms with Crippen LogP contribution in [0.15, 0.2) is 23.8 Å². The summed E-state index contributed by atoms with van der Waals surface area (Å²) in [6, 6.07) is 0. The Morgan fingerprint density at radius 1 is 1.27 bits per heavy atom. The van der Waals surface area contributed by atoms with Gasteiger partial charge in [0.1, 0.15) is 6.10 Å². The maximum atomic E-state index is 13.4. The van der Waals surface area contributed by atoms with Crippen molar-refractivity contribution in [1.29, 1.82) is 0 Å². The predicted octanol–water partition coefficient (Wildman–Crippen LogP) is 6.00. The van der Waals surface area contributed by atoms with Gasteiger partial charge < -0.3 is 9.47 Å². The lowest BCUT2D eigenvalue weighted by molar-refractivity contribution is -0.190. The summed E-state index contributed by atoms with van der Waals surface area (Å²) >= 11 is 0. The summed E-state index contributed by atoms with van der Waals surface area (Å²) in [6.45, 7) is 18.9. The normalized spacial score (nSPS) is 35.4. The lowest BCUT2D eigenvalue weighted by Gasteiger charge is -2.38. The summed E-state index contributed by atoms with van der Waals surface area (Å²) < 4.78 is 11.8. The molecule has 1 saturated carbocycles. The number of esters is 2. The number of rotatable bonds is 6. The molecule has 0 radical (unpaired) electrons. The van der Waals surface area contributed by atoms with Crippen molar-refractivity contribution in [2.24, 2.45) is 27.6 Å². The third-order valence-corrected chi connectivity index (χ3v) is 9.24. The highest BCUT2D eigenvalue weighted by molar-refractivity contribution is 5.93. The predicted molar refractivity (Wildman–Crippen MR) is 119 cm³/mol. The van der Waals surface area contributed by atoms with Crippen LogP contribution in [0, 0.1) is 27.6 Å². The molecule has 3 aliphatic rings. The zero-order chi connectivity index (χ0) is 22.8. The molecular weight excluding hydrogens is 376 g/mol. The van der Waals surface area contributed by atoms with Crippen molar-refractivity contribution in [2.45, 2.75) is 99.7 Å². The van der Waals surface area contributed by atoms with E-state index in [-0.39, 0.29) is 28.9 Å². The number of hydrogen-bond donors (Lipinski definition) is 0. The van der Waals surface area contributed by atoms with Crippen LogP contribution >= 0.6 is 0 Å². The van der Waals surface area contributed by atoms with Gasteiger partial charge in [0, 0.05) is 10.8 Å². The van der Waals surface area contributed by atoms with Gasteiger partial charge in [-0.25, -0.2) is 4.79 Å². The molecule has 0 aromatic heterocycles. The molecule has 4 nitrogen and oxygen atoms in total. The monoisotopic (exact) mass is 416 g/mol. The molecule has 0 unspecified atom stereocenters. The van der Waals surface area contributed by atoms with E-state index in [0.717, 1.165) is 6.42 Å². The fourth-order valence-corrected chi connectivity index (χ4v) is 5.63. The van der Waals surface area contributed by atoms with Crippen molar-refractivity contribution < 1.29 is 19.1 Å². The molecule has 0 N–H and O–H groups in total. The van der Waals surface area contributed by atoms with Crippen molar-refractivity contribution in [3.63, 3.8) is 0 Å². The quantitative estimate of drug-likeness (QED) is 0.393. The molecule has 4 heteroatoms. The van der Waals surface area contributed by atoms with Gasteiger partial charge in [0.2, 0.25) is 5.60 Å². The van der Waals surface area contributed by atoms with E-state index in [2.05, 4.69) is 52.8 Å². The molecular formula is C26H40O4. The topological polar surface area (TPSA) is 52.6 Å². The molecule has 168 valence electrons. The van der Waals surface area contributed by atoms with E-state index in [4.69, 9.17) is 9.47 Å². The summed E-state index contributed by atoms with van der Waals surface area (Å²) in [6.07, 6.45) is 9.52. The highest BCUT2D eigenvalue weighted by Gasteiger charge is 2.76. The summed E-state index contributed by atoms with van der Waals surface area (Å²) in [5, 5.41) is 0. The Labute approximate surface area is 182 Å². The first-order valence-electron chi connectivity index (χ1n) is 11.5. The molecule has 0 amide bonds. The van der Waals surface area contributed by atoms with Crippen LogP contribution in [0.1, 0.15) is 88.0 Å². The average molecular weight is 417 g/mol. The van der Waals surface area contributed by atoms with Gasteiger partial charge >= 0.3 is 11.9 Å². The molecule has 0 spiro atoms. The minimum absolute atomic E-state index is 0.153. The Bertz CT molecular complexity index is 800. The lowest BCUT2D eigenvalue weighted by Crippen LogP contribution is -2.51. The second-order valence-electron chi connectivity index (χ2n) is 11.6. The van der Waals surface area contributed by atoms with Gasteiger partial charge in [0.15, 0.2) is 0 Å². The van der Waals surface area contributed by atoms with E-state index in [9.17, 15) is 9.59 Å². The number of allylic oxidation sites excluding steroid dienone is 3. The Morgan fingerprint density at radius 2 is 1.90 bits per heavy atom. The Kier molecular flexibility index (Phi) is 5.36. The summed E-state index contributed by atoms with van der Waals surface area (Å²) in [5.74, 6) is -0.197. The van der Waals surface area contributed by atoms with Gasteiger partial charge in [-0.2, -0.15) is 0 Å². The largest absolute Gasteiger partial charge is 0.459 e. The zero-order valence-corrected chi connectivity index (χ0v) is 20.3. The first-order chi connectivity index (χ1) is 13.7. The molecule has 2 fully saturated rings. The number of fused-ring (bicyclic) bond motifs is 2. The number of carbonyl (C=O) groups excluding carboxylic acids is 2.